The predicted octanol–water partition coefficient (Wildman–Crippen LogP) is 1.84. The Morgan fingerprint density at radius 1 is 1.44 bits per heavy atom. The Morgan fingerprint density at radius 3 is 1.67 bits per heavy atom. The van der Waals surface area contributed by atoms with Gasteiger partial charge in [-0.05, 0) is 13.8 Å². The normalized spacial score (nSPS) is 7.78. The molecule has 2 nitrogen and oxygen atoms in total. The summed E-state index contributed by atoms with van der Waals surface area (Å²) in [6.45, 7) is 6.96. The fourth-order valence-electron chi connectivity index (χ4n) is 0. The van der Waals surface area contributed by atoms with Crippen LogP contribution in [0.15, 0.2) is 24.8 Å². The minimum Gasteiger partial charge on any atom is -0.478 e. The van der Waals surface area contributed by atoms with Crippen molar-refractivity contribution in [1.29, 1.82) is 0 Å². The molecule has 0 aromatic heterocycles. The third-order valence-electron chi connectivity index (χ3n) is 0.508. The van der Waals surface area contributed by atoms with Crippen LogP contribution < -0.4 is 0 Å². The SMILES string of the molecule is C=CC(=O)O.CC=CC. The van der Waals surface area contributed by atoms with Crippen molar-refractivity contribution < 1.29 is 9.90 Å². The van der Waals surface area contributed by atoms with E-state index in [1.165, 1.54) is 0 Å². The molecule has 0 aromatic rings. The quantitative estimate of drug-likeness (QED) is 0.432. The molecule has 9 heavy (non-hydrogen) atoms. The summed E-state index contributed by atoms with van der Waals surface area (Å²) in [4.78, 5) is 9.25. The van der Waals surface area contributed by atoms with E-state index in [1.54, 1.807) is 0 Å². The fourth-order valence-corrected chi connectivity index (χ4v) is 0. The first-order valence-corrected chi connectivity index (χ1v) is 2.61. The highest BCUT2D eigenvalue weighted by Gasteiger charge is 1.73. The first kappa shape index (κ1) is 10.8. The average Bonchev–Trinajstić information content (AvgIpc) is 1.89. The van der Waals surface area contributed by atoms with Crippen LogP contribution in [0.4, 0.5) is 0 Å². The van der Waals surface area contributed by atoms with E-state index in [-0.39, 0.29) is 0 Å². The summed E-state index contributed by atoms with van der Waals surface area (Å²) in [6.07, 6.45) is 4.83. The molecule has 2 heteroatoms. The number of hydrogen-bond donors (Lipinski definition) is 1. The Bertz CT molecular complexity index is 99.5. The lowest BCUT2D eigenvalue weighted by molar-refractivity contribution is -0.131. The van der Waals surface area contributed by atoms with E-state index in [2.05, 4.69) is 6.58 Å². The van der Waals surface area contributed by atoms with Crippen LogP contribution in [0.2, 0.25) is 0 Å². The number of hydrogen-bond acceptors (Lipinski definition) is 1. The van der Waals surface area contributed by atoms with Crippen LogP contribution in [0, 0.1) is 0 Å². The Hall–Kier alpha value is -1.05. The molecule has 0 saturated carbocycles. The smallest absolute Gasteiger partial charge is 0.327 e. The summed E-state index contributed by atoms with van der Waals surface area (Å²) >= 11 is 0. The summed E-state index contributed by atoms with van der Waals surface area (Å²) in [5.74, 6) is -0.981. The highest BCUT2D eigenvalue weighted by Crippen LogP contribution is 1.57. The number of carboxylic acids is 1. The molecular weight excluding hydrogens is 116 g/mol. The van der Waals surface area contributed by atoms with Gasteiger partial charge in [0.1, 0.15) is 0 Å². The number of rotatable bonds is 1. The average molecular weight is 128 g/mol. The zero-order chi connectivity index (χ0) is 7.70. The summed E-state index contributed by atoms with van der Waals surface area (Å²) < 4.78 is 0. The van der Waals surface area contributed by atoms with Gasteiger partial charge in [-0.2, -0.15) is 0 Å². The molecule has 1 N–H and O–H groups in total. The molecule has 0 radical (unpaired) electrons. The Morgan fingerprint density at radius 2 is 1.67 bits per heavy atom. The van der Waals surface area contributed by atoms with Crippen LogP contribution in [0.5, 0.6) is 0 Å². The minimum absolute atomic E-state index is 0.833. The predicted molar refractivity (Wildman–Crippen MR) is 38.3 cm³/mol. The van der Waals surface area contributed by atoms with E-state index in [0.29, 0.717) is 0 Å². The van der Waals surface area contributed by atoms with Gasteiger partial charge in [0.2, 0.25) is 0 Å². The molecule has 0 heterocycles. The molecule has 0 atom stereocenters. The first-order chi connectivity index (χ1) is 4.18. The number of allylic oxidation sites excluding steroid dienone is 2. The molecule has 0 bridgehead atoms. The highest BCUT2D eigenvalue weighted by molar-refractivity contribution is 5.78. The first-order valence-electron chi connectivity index (χ1n) is 2.61. The largest absolute Gasteiger partial charge is 0.478 e. The van der Waals surface area contributed by atoms with Crippen molar-refractivity contribution in [1.82, 2.24) is 0 Å². The van der Waals surface area contributed by atoms with Crippen LogP contribution in [-0.4, -0.2) is 11.1 Å². The number of carboxylic acid groups (broad SMARTS) is 1. The van der Waals surface area contributed by atoms with Crippen molar-refractivity contribution in [3.8, 4) is 0 Å². The van der Waals surface area contributed by atoms with Gasteiger partial charge in [0.05, 0.1) is 0 Å². The summed E-state index contributed by atoms with van der Waals surface area (Å²) in [7, 11) is 0. The van der Waals surface area contributed by atoms with Crippen LogP contribution in [0.25, 0.3) is 0 Å². The van der Waals surface area contributed by atoms with Crippen molar-refractivity contribution >= 4 is 5.97 Å². The van der Waals surface area contributed by atoms with Gasteiger partial charge in [0, 0.05) is 6.08 Å². The Kier molecular flexibility index (Phi) is 12.1. The fraction of sp³-hybridized carbons (Fsp3) is 0.286. The molecule has 0 aliphatic heterocycles. The van der Waals surface area contributed by atoms with E-state index in [4.69, 9.17) is 5.11 Å². The zero-order valence-corrected chi connectivity index (χ0v) is 5.79. The Labute approximate surface area is 55.5 Å². The van der Waals surface area contributed by atoms with Crippen LogP contribution in [0.3, 0.4) is 0 Å². The van der Waals surface area contributed by atoms with Gasteiger partial charge in [0.25, 0.3) is 0 Å². The lowest BCUT2D eigenvalue weighted by Gasteiger charge is -1.64. The molecule has 0 amide bonds. The van der Waals surface area contributed by atoms with E-state index in [0.717, 1.165) is 6.08 Å². The second-order valence-electron chi connectivity index (χ2n) is 1.21. The molecule has 0 spiro atoms. The van der Waals surface area contributed by atoms with E-state index >= 15 is 0 Å². The summed E-state index contributed by atoms with van der Waals surface area (Å²) in [6, 6.07) is 0. The molecular formula is C7H12O2. The topological polar surface area (TPSA) is 37.3 Å². The molecule has 0 saturated heterocycles. The van der Waals surface area contributed by atoms with E-state index in [9.17, 15) is 4.79 Å². The molecule has 52 valence electrons. The zero-order valence-electron chi connectivity index (χ0n) is 5.79. The second-order valence-corrected chi connectivity index (χ2v) is 1.21. The van der Waals surface area contributed by atoms with Crippen LogP contribution >= 0.6 is 0 Å². The molecule has 0 aliphatic rings. The maximum atomic E-state index is 9.25. The van der Waals surface area contributed by atoms with Crippen LogP contribution in [0.1, 0.15) is 13.8 Å². The maximum absolute atomic E-state index is 9.25. The summed E-state index contributed by atoms with van der Waals surface area (Å²) in [5.41, 5.74) is 0. The number of aliphatic carboxylic acids is 1. The van der Waals surface area contributed by atoms with Gasteiger partial charge in [0.15, 0.2) is 0 Å². The highest BCUT2D eigenvalue weighted by atomic mass is 16.4. The third-order valence-corrected chi connectivity index (χ3v) is 0.508. The monoisotopic (exact) mass is 128 g/mol. The lowest BCUT2D eigenvalue weighted by atomic mass is 10.6. The molecule has 0 fully saturated rings. The van der Waals surface area contributed by atoms with Crippen molar-refractivity contribution in [3.05, 3.63) is 24.8 Å². The van der Waals surface area contributed by atoms with E-state index < -0.39 is 5.97 Å². The molecule has 0 aromatic carbocycles. The van der Waals surface area contributed by atoms with Crippen molar-refractivity contribution in [2.75, 3.05) is 0 Å². The molecule has 0 unspecified atom stereocenters. The summed E-state index contributed by atoms with van der Waals surface area (Å²) in [5, 5.41) is 7.60. The van der Waals surface area contributed by atoms with Gasteiger partial charge >= 0.3 is 5.97 Å². The Balaban J connectivity index is 0. The third kappa shape index (κ3) is 44.8. The van der Waals surface area contributed by atoms with Crippen molar-refractivity contribution in [3.63, 3.8) is 0 Å². The lowest BCUT2D eigenvalue weighted by Crippen LogP contribution is -1.82. The second kappa shape index (κ2) is 10.0. The van der Waals surface area contributed by atoms with Gasteiger partial charge in [-0.3, -0.25) is 0 Å². The molecule has 0 rings (SSSR count). The van der Waals surface area contributed by atoms with Crippen molar-refractivity contribution in [2.24, 2.45) is 0 Å². The van der Waals surface area contributed by atoms with Gasteiger partial charge < -0.3 is 5.11 Å². The van der Waals surface area contributed by atoms with Gasteiger partial charge in [-0.25, -0.2) is 4.79 Å². The number of carbonyl (C=O) groups is 1. The minimum atomic E-state index is -0.981. The van der Waals surface area contributed by atoms with Gasteiger partial charge in [-0.15, -0.1) is 0 Å². The molecule has 0 aliphatic carbocycles. The van der Waals surface area contributed by atoms with E-state index in [1.807, 2.05) is 26.0 Å². The van der Waals surface area contributed by atoms with Crippen LogP contribution in [-0.2, 0) is 4.79 Å². The van der Waals surface area contributed by atoms with Gasteiger partial charge in [-0.1, -0.05) is 18.7 Å². The maximum Gasteiger partial charge on any atom is 0.327 e. The van der Waals surface area contributed by atoms with Crippen molar-refractivity contribution in [2.45, 2.75) is 13.8 Å². The standard InChI is InChI=1S/C4H8.C3H4O2/c1-3-4-2;1-2-3(4)5/h3-4H,1-2H3;2H,1H2,(H,4,5).